The predicted octanol–water partition coefficient (Wildman–Crippen LogP) is 2.14. The van der Waals surface area contributed by atoms with Gasteiger partial charge in [0, 0.05) is 32.7 Å². The number of anilines is 3. The van der Waals surface area contributed by atoms with E-state index in [1.165, 1.54) is 12.8 Å². The average molecular weight is 278 g/mol. The molecule has 0 aliphatic heterocycles. The highest BCUT2D eigenvalue weighted by Gasteiger charge is 2.31. The lowest BCUT2D eigenvalue weighted by Crippen LogP contribution is -2.31. The minimum atomic E-state index is 0.617. The topological polar surface area (TPSA) is 57.2 Å². The van der Waals surface area contributed by atoms with Crippen molar-refractivity contribution in [2.45, 2.75) is 46.1 Å². The van der Waals surface area contributed by atoms with E-state index in [4.69, 9.17) is 4.98 Å². The van der Waals surface area contributed by atoms with Gasteiger partial charge in [-0.1, -0.05) is 6.92 Å². The number of hydrogen-bond donors (Lipinski definition) is 1. The molecule has 6 heteroatoms. The first-order valence-electron chi connectivity index (χ1n) is 7.68. The van der Waals surface area contributed by atoms with Crippen molar-refractivity contribution in [3.05, 3.63) is 0 Å². The molecule has 1 saturated carbocycles. The van der Waals surface area contributed by atoms with Crippen LogP contribution in [0.2, 0.25) is 0 Å². The Bertz CT molecular complexity index is 428. The second-order valence-corrected chi connectivity index (χ2v) is 5.11. The van der Waals surface area contributed by atoms with Gasteiger partial charge in [0.1, 0.15) is 0 Å². The molecule has 20 heavy (non-hydrogen) atoms. The molecule has 0 saturated heterocycles. The zero-order valence-electron chi connectivity index (χ0n) is 13.1. The van der Waals surface area contributed by atoms with Crippen molar-refractivity contribution in [3.8, 4) is 0 Å². The standard InChI is InChI=1S/C14H26N6/c1-5-10-20(11-8-9-11)14-17-12(15-4)16-13(18-14)19(6-2)7-3/h11H,5-10H2,1-4H3,(H,15,16,17,18). The van der Waals surface area contributed by atoms with Crippen LogP contribution < -0.4 is 15.1 Å². The van der Waals surface area contributed by atoms with Gasteiger partial charge in [0.25, 0.3) is 0 Å². The number of nitrogens with one attached hydrogen (secondary N) is 1. The lowest BCUT2D eigenvalue weighted by molar-refractivity contribution is 0.723. The maximum absolute atomic E-state index is 4.69. The van der Waals surface area contributed by atoms with E-state index < -0.39 is 0 Å². The zero-order chi connectivity index (χ0) is 14.5. The lowest BCUT2D eigenvalue weighted by atomic mass is 10.4. The molecule has 2 rings (SSSR count). The van der Waals surface area contributed by atoms with Gasteiger partial charge in [0.15, 0.2) is 0 Å². The van der Waals surface area contributed by atoms with Crippen LogP contribution >= 0.6 is 0 Å². The fourth-order valence-electron chi connectivity index (χ4n) is 2.31. The van der Waals surface area contributed by atoms with Crippen LogP contribution in [0.25, 0.3) is 0 Å². The third-order valence-corrected chi connectivity index (χ3v) is 3.59. The Hall–Kier alpha value is -1.59. The van der Waals surface area contributed by atoms with Gasteiger partial charge in [-0.05, 0) is 33.1 Å². The smallest absolute Gasteiger partial charge is 0.232 e. The summed E-state index contributed by atoms with van der Waals surface area (Å²) in [5.74, 6) is 2.24. The van der Waals surface area contributed by atoms with E-state index in [1.807, 2.05) is 7.05 Å². The average Bonchev–Trinajstić information content (AvgIpc) is 3.30. The zero-order valence-corrected chi connectivity index (χ0v) is 13.1. The Balaban J connectivity index is 2.33. The van der Waals surface area contributed by atoms with Crippen molar-refractivity contribution >= 4 is 17.8 Å². The molecule has 6 nitrogen and oxygen atoms in total. The maximum atomic E-state index is 4.69. The van der Waals surface area contributed by atoms with Gasteiger partial charge in [-0.15, -0.1) is 0 Å². The van der Waals surface area contributed by atoms with Crippen LogP contribution in [0.15, 0.2) is 0 Å². The number of aromatic nitrogens is 3. The van der Waals surface area contributed by atoms with Gasteiger partial charge >= 0.3 is 0 Å². The Morgan fingerprint density at radius 3 is 2.20 bits per heavy atom. The number of hydrogen-bond acceptors (Lipinski definition) is 6. The molecule has 0 aromatic carbocycles. The normalized spacial score (nSPS) is 14.2. The minimum Gasteiger partial charge on any atom is -0.357 e. The Morgan fingerprint density at radius 2 is 1.70 bits per heavy atom. The van der Waals surface area contributed by atoms with Crippen LogP contribution in [0.1, 0.15) is 40.0 Å². The second kappa shape index (κ2) is 6.72. The largest absolute Gasteiger partial charge is 0.357 e. The summed E-state index contributed by atoms with van der Waals surface area (Å²) in [4.78, 5) is 18.2. The fraction of sp³-hybridized carbons (Fsp3) is 0.786. The highest BCUT2D eigenvalue weighted by molar-refractivity contribution is 5.46. The van der Waals surface area contributed by atoms with Crippen molar-refractivity contribution in [3.63, 3.8) is 0 Å². The SMILES string of the molecule is CCCN(c1nc(NC)nc(N(CC)CC)n1)C1CC1. The van der Waals surface area contributed by atoms with E-state index in [0.29, 0.717) is 12.0 Å². The maximum Gasteiger partial charge on any atom is 0.232 e. The third-order valence-electron chi connectivity index (χ3n) is 3.59. The van der Waals surface area contributed by atoms with Gasteiger partial charge in [-0.25, -0.2) is 0 Å². The molecule has 0 atom stereocenters. The summed E-state index contributed by atoms with van der Waals surface area (Å²) in [6.07, 6.45) is 3.61. The fourth-order valence-corrected chi connectivity index (χ4v) is 2.31. The van der Waals surface area contributed by atoms with E-state index in [1.54, 1.807) is 0 Å². The number of nitrogens with zero attached hydrogens (tertiary/aromatic N) is 5. The quantitative estimate of drug-likeness (QED) is 0.786. The van der Waals surface area contributed by atoms with E-state index in [9.17, 15) is 0 Å². The minimum absolute atomic E-state index is 0.617. The molecule has 1 aromatic heterocycles. The molecular weight excluding hydrogens is 252 g/mol. The molecule has 1 aliphatic carbocycles. The first kappa shape index (κ1) is 14.8. The van der Waals surface area contributed by atoms with Gasteiger partial charge in [-0.3, -0.25) is 0 Å². The summed E-state index contributed by atoms with van der Waals surface area (Å²) in [6.45, 7) is 9.25. The predicted molar refractivity (Wildman–Crippen MR) is 83.6 cm³/mol. The third kappa shape index (κ3) is 3.29. The van der Waals surface area contributed by atoms with Crippen LogP contribution in [-0.4, -0.2) is 47.7 Å². The molecular formula is C14H26N6. The van der Waals surface area contributed by atoms with Crippen molar-refractivity contribution in [1.82, 2.24) is 15.0 Å². The van der Waals surface area contributed by atoms with Gasteiger partial charge < -0.3 is 15.1 Å². The number of rotatable bonds is 8. The van der Waals surface area contributed by atoms with Crippen LogP contribution in [0.3, 0.4) is 0 Å². The highest BCUT2D eigenvalue weighted by atomic mass is 15.4. The molecule has 1 N–H and O–H groups in total. The molecule has 1 aromatic rings. The summed E-state index contributed by atoms with van der Waals surface area (Å²) in [5, 5.41) is 3.05. The summed E-state index contributed by atoms with van der Waals surface area (Å²) >= 11 is 0. The molecule has 0 spiro atoms. The van der Waals surface area contributed by atoms with Crippen molar-refractivity contribution < 1.29 is 0 Å². The van der Waals surface area contributed by atoms with Gasteiger partial charge in [-0.2, -0.15) is 15.0 Å². The molecule has 1 fully saturated rings. The Kier molecular flexibility index (Phi) is 4.98. The van der Waals surface area contributed by atoms with Gasteiger partial charge in [0.2, 0.25) is 17.8 Å². The van der Waals surface area contributed by atoms with E-state index in [0.717, 1.165) is 38.0 Å². The highest BCUT2D eigenvalue weighted by Crippen LogP contribution is 2.30. The van der Waals surface area contributed by atoms with Crippen LogP contribution in [0.5, 0.6) is 0 Å². The van der Waals surface area contributed by atoms with E-state index in [-0.39, 0.29) is 0 Å². The molecule has 112 valence electrons. The molecule has 0 bridgehead atoms. The van der Waals surface area contributed by atoms with Crippen LogP contribution in [0, 0.1) is 0 Å². The first-order valence-corrected chi connectivity index (χ1v) is 7.68. The summed E-state index contributed by atoms with van der Waals surface area (Å²) in [5.41, 5.74) is 0. The molecule has 1 aliphatic rings. The monoisotopic (exact) mass is 278 g/mol. The second-order valence-electron chi connectivity index (χ2n) is 5.11. The first-order chi connectivity index (χ1) is 9.73. The molecule has 0 unspecified atom stereocenters. The molecule has 1 heterocycles. The summed E-state index contributed by atoms with van der Waals surface area (Å²) in [6, 6.07) is 0.617. The molecule has 0 radical (unpaired) electrons. The van der Waals surface area contributed by atoms with E-state index >= 15 is 0 Å². The van der Waals surface area contributed by atoms with Crippen LogP contribution in [0.4, 0.5) is 17.8 Å². The Labute approximate surface area is 121 Å². The lowest BCUT2D eigenvalue weighted by Gasteiger charge is -2.25. The van der Waals surface area contributed by atoms with Crippen molar-refractivity contribution in [2.75, 3.05) is 41.8 Å². The van der Waals surface area contributed by atoms with Crippen LogP contribution in [-0.2, 0) is 0 Å². The van der Waals surface area contributed by atoms with Crippen molar-refractivity contribution in [1.29, 1.82) is 0 Å². The van der Waals surface area contributed by atoms with Gasteiger partial charge in [0.05, 0.1) is 0 Å². The summed E-state index contributed by atoms with van der Waals surface area (Å²) < 4.78 is 0. The Morgan fingerprint density at radius 1 is 1.05 bits per heavy atom. The summed E-state index contributed by atoms with van der Waals surface area (Å²) in [7, 11) is 1.85. The molecule has 0 amide bonds. The van der Waals surface area contributed by atoms with Crippen molar-refractivity contribution in [2.24, 2.45) is 0 Å². The van der Waals surface area contributed by atoms with E-state index in [2.05, 4.69) is 45.9 Å².